The number of benzene rings is 2. The fourth-order valence-corrected chi connectivity index (χ4v) is 3.72. The van der Waals surface area contributed by atoms with Crippen LogP contribution in [0, 0.1) is 6.92 Å². The van der Waals surface area contributed by atoms with Gasteiger partial charge >= 0.3 is 5.69 Å². The number of halogens is 1. The number of sulfonamides is 1. The Kier molecular flexibility index (Phi) is 3.46. The molecule has 0 bridgehead atoms. The van der Waals surface area contributed by atoms with Gasteiger partial charge in [-0.1, -0.05) is 11.6 Å². The summed E-state index contributed by atoms with van der Waals surface area (Å²) in [6.45, 7) is 1.67. The Morgan fingerprint density at radius 3 is 2.50 bits per heavy atom. The third-order valence-corrected chi connectivity index (χ3v) is 4.97. The Morgan fingerprint density at radius 1 is 1.05 bits per heavy atom. The summed E-state index contributed by atoms with van der Waals surface area (Å²) < 4.78 is 27.4. The first-order valence-electron chi connectivity index (χ1n) is 6.36. The molecule has 3 N–H and O–H groups in total. The van der Waals surface area contributed by atoms with E-state index in [1.807, 2.05) is 0 Å². The minimum absolute atomic E-state index is 0.152. The van der Waals surface area contributed by atoms with Crippen LogP contribution < -0.4 is 10.4 Å². The van der Waals surface area contributed by atoms with Gasteiger partial charge in [-0.2, -0.15) is 0 Å². The van der Waals surface area contributed by atoms with Gasteiger partial charge in [-0.3, -0.25) is 4.72 Å². The number of aryl methyl sites for hydroxylation is 1. The predicted octanol–water partition coefficient (Wildman–Crippen LogP) is 2.62. The highest BCUT2D eigenvalue weighted by atomic mass is 35.5. The number of hydrogen-bond donors (Lipinski definition) is 3. The minimum atomic E-state index is -3.73. The van der Waals surface area contributed by atoms with Gasteiger partial charge in [0.2, 0.25) is 0 Å². The van der Waals surface area contributed by atoms with E-state index in [-0.39, 0.29) is 10.6 Å². The summed E-state index contributed by atoms with van der Waals surface area (Å²) in [5, 5.41) is 0.475. The average Bonchev–Trinajstić information content (AvgIpc) is 2.77. The number of H-pyrrole nitrogens is 2. The highest BCUT2D eigenvalue weighted by molar-refractivity contribution is 7.92. The lowest BCUT2D eigenvalue weighted by Gasteiger charge is -2.10. The molecular weight excluding hydrogens is 326 g/mol. The van der Waals surface area contributed by atoms with E-state index in [1.54, 1.807) is 31.2 Å². The summed E-state index contributed by atoms with van der Waals surface area (Å²) in [4.78, 5) is 16.5. The van der Waals surface area contributed by atoms with Crippen molar-refractivity contribution in [2.75, 3.05) is 4.72 Å². The summed E-state index contributed by atoms with van der Waals surface area (Å²) in [7, 11) is -3.73. The minimum Gasteiger partial charge on any atom is -0.306 e. The zero-order valence-corrected chi connectivity index (χ0v) is 13.0. The van der Waals surface area contributed by atoms with Crippen molar-refractivity contribution in [1.82, 2.24) is 9.97 Å². The van der Waals surface area contributed by atoms with E-state index >= 15 is 0 Å². The quantitative estimate of drug-likeness (QED) is 0.685. The monoisotopic (exact) mass is 337 g/mol. The first-order chi connectivity index (χ1) is 10.3. The molecule has 0 unspecified atom stereocenters. The number of nitrogens with one attached hydrogen (secondary N) is 3. The van der Waals surface area contributed by atoms with Crippen LogP contribution in [0.3, 0.4) is 0 Å². The Labute approximate surface area is 131 Å². The Hall–Kier alpha value is -2.25. The SMILES string of the molecule is Cc1cc(Cl)ccc1S(=O)(=O)Nc1ccc2[nH]c(=O)[nH]c2c1. The van der Waals surface area contributed by atoms with E-state index in [9.17, 15) is 13.2 Å². The van der Waals surface area contributed by atoms with Crippen LogP contribution in [0.2, 0.25) is 5.02 Å². The molecule has 1 heterocycles. The summed E-state index contributed by atoms with van der Waals surface area (Å²) in [6, 6.07) is 9.32. The summed E-state index contributed by atoms with van der Waals surface area (Å²) in [6.07, 6.45) is 0. The number of anilines is 1. The van der Waals surface area contributed by atoms with Crippen molar-refractivity contribution in [3.63, 3.8) is 0 Å². The van der Waals surface area contributed by atoms with Crippen LogP contribution >= 0.6 is 11.6 Å². The molecule has 1 aromatic heterocycles. The van der Waals surface area contributed by atoms with Crippen LogP contribution in [0.4, 0.5) is 5.69 Å². The molecule has 3 rings (SSSR count). The maximum Gasteiger partial charge on any atom is 0.323 e. The van der Waals surface area contributed by atoms with Crippen molar-refractivity contribution in [2.24, 2.45) is 0 Å². The molecule has 0 fully saturated rings. The Bertz CT molecular complexity index is 1020. The van der Waals surface area contributed by atoms with Gasteiger partial charge in [0, 0.05) is 5.02 Å². The standard InChI is InChI=1S/C14H12ClN3O3S/c1-8-6-9(15)2-5-13(8)22(20,21)18-10-3-4-11-12(7-10)17-14(19)16-11/h2-7,18H,1H3,(H2,16,17,19). The van der Waals surface area contributed by atoms with Crippen molar-refractivity contribution >= 4 is 38.3 Å². The molecule has 0 spiro atoms. The number of hydrogen-bond acceptors (Lipinski definition) is 3. The van der Waals surface area contributed by atoms with Gasteiger partial charge < -0.3 is 9.97 Å². The van der Waals surface area contributed by atoms with E-state index in [1.165, 1.54) is 12.1 Å². The Morgan fingerprint density at radius 2 is 1.77 bits per heavy atom. The van der Waals surface area contributed by atoms with Crippen LogP contribution in [-0.4, -0.2) is 18.4 Å². The summed E-state index contributed by atoms with van der Waals surface area (Å²) in [5.74, 6) is 0. The van der Waals surface area contributed by atoms with Crippen molar-refractivity contribution in [2.45, 2.75) is 11.8 Å². The van der Waals surface area contributed by atoms with Gasteiger partial charge in [0.05, 0.1) is 21.6 Å². The molecule has 22 heavy (non-hydrogen) atoms. The van der Waals surface area contributed by atoms with Crippen molar-refractivity contribution < 1.29 is 8.42 Å². The molecule has 0 saturated heterocycles. The second-order valence-electron chi connectivity index (χ2n) is 4.85. The van der Waals surface area contributed by atoms with E-state index in [4.69, 9.17) is 11.6 Å². The number of fused-ring (bicyclic) bond motifs is 1. The van der Waals surface area contributed by atoms with Crippen molar-refractivity contribution in [3.8, 4) is 0 Å². The van der Waals surface area contributed by atoms with Crippen LogP contribution in [0.1, 0.15) is 5.56 Å². The predicted molar refractivity (Wildman–Crippen MR) is 85.9 cm³/mol. The third-order valence-electron chi connectivity index (χ3n) is 3.19. The molecule has 8 heteroatoms. The Balaban J connectivity index is 2.00. The van der Waals surface area contributed by atoms with E-state index in [0.717, 1.165) is 0 Å². The number of imidazole rings is 1. The highest BCUT2D eigenvalue weighted by Crippen LogP contribution is 2.23. The van der Waals surface area contributed by atoms with Crippen LogP contribution in [0.25, 0.3) is 11.0 Å². The summed E-state index contributed by atoms with van der Waals surface area (Å²) >= 11 is 5.84. The molecule has 2 aromatic carbocycles. The molecule has 0 aliphatic carbocycles. The molecule has 0 aliphatic rings. The molecule has 0 radical (unpaired) electrons. The average molecular weight is 338 g/mol. The smallest absolute Gasteiger partial charge is 0.306 e. The molecule has 3 aromatic rings. The first kappa shape index (κ1) is 14.7. The summed E-state index contributed by atoms with van der Waals surface area (Å²) in [5.41, 5.74) is 1.70. The molecular formula is C14H12ClN3O3S. The molecule has 114 valence electrons. The zero-order chi connectivity index (χ0) is 15.9. The van der Waals surface area contributed by atoms with E-state index in [2.05, 4.69) is 14.7 Å². The van der Waals surface area contributed by atoms with Gasteiger partial charge in [-0.15, -0.1) is 0 Å². The van der Waals surface area contributed by atoms with Gasteiger partial charge in [0.15, 0.2) is 0 Å². The lowest BCUT2D eigenvalue weighted by molar-refractivity contribution is 0.600. The number of rotatable bonds is 3. The maximum atomic E-state index is 12.4. The van der Waals surface area contributed by atoms with Gasteiger partial charge in [0.25, 0.3) is 10.0 Å². The largest absolute Gasteiger partial charge is 0.323 e. The third kappa shape index (κ3) is 2.72. The molecule has 0 atom stereocenters. The van der Waals surface area contributed by atoms with Crippen molar-refractivity contribution in [1.29, 1.82) is 0 Å². The molecule has 0 amide bonds. The second kappa shape index (κ2) is 5.19. The lowest BCUT2D eigenvalue weighted by atomic mass is 10.2. The normalized spacial score (nSPS) is 11.7. The topological polar surface area (TPSA) is 94.8 Å². The highest BCUT2D eigenvalue weighted by Gasteiger charge is 2.17. The second-order valence-corrected chi connectivity index (χ2v) is 6.94. The van der Waals surface area contributed by atoms with E-state index < -0.39 is 10.0 Å². The zero-order valence-electron chi connectivity index (χ0n) is 11.5. The van der Waals surface area contributed by atoms with Crippen LogP contribution in [0.15, 0.2) is 46.1 Å². The fourth-order valence-electron chi connectivity index (χ4n) is 2.22. The van der Waals surface area contributed by atoms with Crippen LogP contribution in [-0.2, 0) is 10.0 Å². The molecule has 0 saturated carbocycles. The maximum absolute atomic E-state index is 12.4. The first-order valence-corrected chi connectivity index (χ1v) is 8.22. The van der Waals surface area contributed by atoms with Gasteiger partial charge in [-0.05, 0) is 48.9 Å². The van der Waals surface area contributed by atoms with E-state index in [0.29, 0.717) is 27.3 Å². The van der Waals surface area contributed by atoms with Gasteiger partial charge in [0.1, 0.15) is 0 Å². The lowest BCUT2D eigenvalue weighted by Crippen LogP contribution is -2.14. The molecule has 0 aliphatic heterocycles. The number of aromatic nitrogens is 2. The fraction of sp³-hybridized carbons (Fsp3) is 0.0714. The number of aromatic amines is 2. The van der Waals surface area contributed by atoms with Crippen LogP contribution in [0.5, 0.6) is 0 Å². The van der Waals surface area contributed by atoms with Crippen molar-refractivity contribution in [3.05, 3.63) is 57.5 Å². The molecule has 6 nitrogen and oxygen atoms in total. The van der Waals surface area contributed by atoms with Gasteiger partial charge in [-0.25, -0.2) is 13.2 Å².